The lowest BCUT2D eigenvalue weighted by atomic mass is 9.93. The summed E-state index contributed by atoms with van der Waals surface area (Å²) < 4.78 is 9.10. The number of aromatic nitrogens is 4. The number of carbonyl (C=O) groups is 1. The zero-order valence-electron chi connectivity index (χ0n) is 16.9. The Morgan fingerprint density at radius 2 is 1.93 bits per heavy atom. The van der Waals surface area contributed by atoms with E-state index >= 15 is 0 Å². The maximum Gasteiger partial charge on any atom is 0.332 e. The molecule has 0 atom stereocenters. The van der Waals surface area contributed by atoms with E-state index in [4.69, 9.17) is 0 Å². The van der Waals surface area contributed by atoms with Crippen LogP contribution in [-0.2, 0) is 36.6 Å². The number of nitrogens with one attached hydrogen (secondary N) is 1. The third-order valence-electron chi connectivity index (χ3n) is 5.67. The van der Waals surface area contributed by atoms with Gasteiger partial charge in [-0.15, -0.1) is 0 Å². The van der Waals surface area contributed by atoms with Crippen LogP contribution >= 0.6 is 0 Å². The Morgan fingerprint density at radius 1 is 1.21 bits per heavy atom. The molecule has 0 spiro atoms. The second kappa shape index (κ2) is 8.72. The number of esters is 1. The topological polar surface area (TPSA) is 100 Å². The Labute approximate surface area is 163 Å². The van der Waals surface area contributed by atoms with Crippen molar-refractivity contribution >= 4 is 17.1 Å². The van der Waals surface area contributed by atoms with Gasteiger partial charge in [0.1, 0.15) is 11.5 Å². The number of ether oxygens (including phenoxy) is 1. The highest BCUT2D eigenvalue weighted by Crippen LogP contribution is 2.19. The molecule has 1 saturated heterocycles. The van der Waals surface area contributed by atoms with Crippen LogP contribution in [0.3, 0.4) is 0 Å². The SMILES string of the molecule is COC(=O)CCCn1c(=O)c2nc(CCC3CCNCC3)n(C)c2n(C)c1=O. The Kier molecular flexibility index (Phi) is 6.33. The predicted octanol–water partition coefficient (Wildman–Crippen LogP) is 0.319. The number of methoxy groups -OCH3 is 1. The fourth-order valence-corrected chi connectivity index (χ4v) is 3.96. The van der Waals surface area contributed by atoms with Crippen LogP contribution < -0.4 is 16.6 Å². The van der Waals surface area contributed by atoms with E-state index in [1.807, 2.05) is 11.6 Å². The summed E-state index contributed by atoms with van der Waals surface area (Å²) in [6.07, 6.45) is 4.66. The van der Waals surface area contributed by atoms with Gasteiger partial charge in [0.05, 0.1) is 7.11 Å². The molecule has 1 fully saturated rings. The fourth-order valence-electron chi connectivity index (χ4n) is 3.96. The lowest BCUT2D eigenvalue weighted by molar-refractivity contribution is -0.140. The van der Waals surface area contributed by atoms with Crippen LogP contribution in [0.5, 0.6) is 0 Å². The first-order valence-corrected chi connectivity index (χ1v) is 9.86. The summed E-state index contributed by atoms with van der Waals surface area (Å²) in [5.41, 5.74) is 0.0597. The predicted molar refractivity (Wildman–Crippen MR) is 105 cm³/mol. The smallest absolute Gasteiger partial charge is 0.332 e. The molecule has 9 heteroatoms. The van der Waals surface area contributed by atoms with Crippen molar-refractivity contribution in [1.82, 2.24) is 24.0 Å². The first kappa shape index (κ1) is 20.3. The largest absolute Gasteiger partial charge is 0.469 e. The summed E-state index contributed by atoms with van der Waals surface area (Å²) in [4.78, 5) is 41.4. The minimum Gasteiger partial charge on any atom is -0.469 e. The molecular formula is C19H29N5O4. The highest BCUT2D eigenvalue weighted by Gasteiger charge is 2.20. The Bertz CT molecular complexity index is 965. The number of imidazole rings is 1. The van der Waals surface area contributed by atoms with Crippen LogP contribution in [0.25, 0.3) is 11.2 Å². The third-order valence-corrected chi connectivity index (χ3v) is 5.67. The summed E-state index contributed by atoms with van der Waals surface area (Å²) in [5, 5.41) is 3.37. The van der Waals surface area contributed by atoms with Crippen LogP contribution in [-0.4, -0.2) is 44.9 Å². The molecule has 0 unspecified atom stereocenters. The zero-order valence-corrected chi connectivity index (χ0v) is 16.9. The van der Waals surface area contributed by atoms with E-state index in [1.54, 1.807) is 7.05 Å². The van der Waals surface area contributed by atoms with E-state index in [-0.39, 0.29) is 18.9 Å². The number of carbonyl (C=O) groups excluding carboxylic acids is 1. The molecule has 0 aromatic carbocycles. The van der Waals surface area contributed by atoms with Crippen molar-refractivity contribution in [2.45, 2.75) is 45.1 Å². The van der Waals surface area contributed by atoms with Crippen molar-refractivity contribution in [2.75, 3.05) is 20.2 Å². The van der Waals surface area contributed by atoms with E-state index in [0.29, 0.717) is 23.5 Å². The minimum absolute atomic E-state index is 0.161. The molecule has 0 bridgehead atoms. The van der Waals surface area contributed by atoms with Gasteiger partial charge in [0, 0.05) is 33.5 Å². The van der Waals surface area contributed by atoms with Gasteiger partial charge < -0.3 is 14.6 Å². The van der Waals surface area contributed by atoms with Gasteiger partial charge in [-0.05, 0) is 44.7 Å². The highest BCUT2D eigenvalue weighted by molar-refractivity contribution is 5.71. The molecule has 28 heavy (non-hydrogen) atoms. The van der Waals surface area contributed by atoms with E-state index in [9.17, 15) is 14.4 Å². The number of hydrogen-bond donors (Lipinski definition) is 1. The molecule has 154 valence electrons. The maximum absolute atomic E-state index is 12.9. The normalized spacial score (nSPS) is 15.2. The van der Waals surface area contributed by atoms with Gasteiger partial charge in [-0.25, -0.2) is 9.78 Å². The molecule has 0 aliphatic carbocycles. The minimum atomic E-state index is -0.397. The van der Waals surface area contributed by atoms with Crippen molar-refractivity contribution < 1.29 is 9.53 Å². The van der Waals surface area contributed by atoms with Gasteiger partial charge in [-0.1, -0.05) is 0 Å². The lowest BCUT2D eigenvalue weighted by Crippen LogP contribution is -2.39. The number of aryl methyl sites for hydroxylation is 3. The summed E-state index contributed by atoms with van der Waals surface area (Å²) in [6.45, 7) is 2.27. The molecule has 2 aromatic rings. The highest BCUT2D eigenvalue weighted by atomic mass is 16.5. The summed E-state index contributed by atoms with van der Waals surface area (Å²) in [6, 6.07) is 0. The maximum atomic E-state index is 12.9. The van der Waals surface area contributed by atoms with Gasteiger partial charge in [-0.2, -0.15) is 0 Å². The number of hydrogen-bond acceptors (Lipinski definition) is 6. The Balaban J connectivity index is 1.86. The van der Waals surface area contributed by atoms with Crippen molar-refractivity contribution in [3.63, 3.8) is 0 Å². The summed E-state index contributed by atoms with van der Waals surface area (Å²) in [7, 11) is 4.82. The van der Waals surface area contributed by atoms with Gasteiger partial charge in [0.25, 0.3) is 5.56 Å². The summed E-state index contributed by atoms with van der Waals surface area (Å²) in [5.74, 6) is 1.14. The molecule has 0 amide bonds. The van der Waals surface area contributed by atoms with E-state index in [0.717, 1.165) is 49.2 Å². The van der Waals surface area contributed by atoms with E-state index in [2.05, 4.69) is 15.0 Å². The van der Waals surface area contributed by atoms with Crippen LogP contribution in [0.15, 0.2) is 9.59 Å². The van der Waals surface area contributed by atoms with Gasteiger partial charge in [0.2, 0.25) is 0 Å². The van der Waals surface area contributed by atoms with Crippen molar-refractivity contribution in [3.05, 3.63) is 26.7 Å². The molecule has 3 heterocycles. The quantitative estimate of drug-likeness (QED) is 0.683. The second-order valence-corrected chi connectivity index (χ2v) is 7.47. The third kappa shape index (κ3) is 4.04. The zero-order chi connectivity index (χ0) is 20.3. The first-order chi connectivity index (χ1) is 13.4. The molecule has 3 rings (SSSR count). The van der Waals surface area contributed by atoms with Crippen molar-refractivity contribution in [3.8, 4) is 0 Å². The fraction of sp³-hybridized carbons (Fsp3) is 0.684. The van der Waals surface area contributed by atoms with Crippen molar-refractivity contribution in [2.24, 2.45) is 20.0 Å². The molecule has 9 nitrogen and oxygen atoms in total. The van der Waals surface area contributed by atoms with Gasteiger partial charge in [0.15, 0.2) is 5.52 Å². The van der Waals surface area contributed by atoms with E-state index in [1.165, 1.54) is 11.7 Å². The molecule has 1 aliphatic heterocycles. The van der Waals surface area contributed by atoms with Crippen molar-refractivity contribution in [1.29, 1.82) is 0 Å². The Hall–Kier alpha value is -2.42. The molecule has 1 aliphatic rings. The van der Waals surface area contributed by atoms with Gasteiger partial charge in [-0.3, -0.25) is 18.7 Å². The molecule has 0 saturated carbocycles. The molecule has 1 N–H and O–H groups in total. The van der Waals surface area contributed by atoms with Crippen LogP contribution in [0, 0.1) is 5.92 Å². The average molecular weight is 391 g/mol. The van der Waals surface area contributed by atoms with E-state index < -0.39 is 11.2 Å². The molecule has 0 radical (unpaired) electrons. The molecular weight excluding hydrogens is 362 g/mol. The van der Waals surface area contributed by atoms with Crippen LogP contribution in [0.2, 0.25) is 0 Å². The first-order valence-electron chi connectivity index (χ1n) is 9.86. The molecule has 2 aromatic heterocycles. The van der Waals surface area contributed by atoms with Gasteiger partial charge >= 0.3 is 11.7 Å². The second-order valence-electron chi connectivity index (χ2n) is 7.47. The number of nitrogens with zero attached hydrogens (tertiary/aromatic N) is 4. The van der Waals surface area contributed by atoms with Crippen LogP contribution in [0.1, 0.15) is 37.9 Å². The average Bonchev–Trinajstić information content (AvgIpc) is 3.04. The standard InChI is InChI=1S/C19H29N5O4/c1-22-14(7-6-13-8-10-20-11-9-13)21-16-17(22)23(2)19(27)24(18(16)26)12-4-5-15(25)28-3/h13,20H,4-12H2,1-3H3. The monoisotopic (exact) mass is 391 g/mol. The number of rotatable bonds is 7. The van der Waals surface area contributed by atoms with Crippen LogP contribution in [0.4, 0.5) is 0 Å². The lowest BCUT2D eigenvalue weighted by Gasteiger charge is -2.22. The number of fused-ring (bicyclic) bond motifs is 1. The Morgan fingerprint density at radius 3 is 2.61 bits per heavy atom. The number of piperidine rings is 1. The summed E-state index contributed by atoms with van der Waals surface area (Å²) >= 11 is 0.